The predicted molar refractivity (Wildman–Crippen MR) is 67.7 cm³/mol. The molecule has 0 aliphatic heterocycles. The lowest BCUT2D eigenvalue weighted by molar-refractivity contribution is 0.242. The number of nitrogens with zero attached hydrogens (tertiary/aromatic N) is 1. The first-order chi connectivity index (χ1) is 7.40. The minimum Gasteiger partial charge on any atom is -0.337 e. The van der Waals surface area contributed by atoms with Crippen LogP contribution in [0.4, 0.5) is 10.5 Å². The molecule has 3 heteroatoms. The Morgan fingerprint density at radius 3 is 2.31 bits per heavy atom. The van der Waals surface area contributed by atoms with Gasteiger partial charge in [0.05, 0.1) is 0 Å². The number of urea groups is 1. The highest BCUT2D eigenvalue weighted by Gasteiger charge is 2.14. The molecule has 0 unspecified atom stereocenters. The van der Waals surface area contributed by atoms with Gasteiger partial charge in [-0.1, -0.05) is 39.0 Å². The molecule has 1 aromatic rings. The summed E-state index contributed by atoms with van der Waals surface area (Å²) in [5, 5.41) is 2.91. The summed E-state index contributed by atoms with van der Waals surface area (Å²) >= 11 is 0. The van der Waals surface area contributed by atoms with Gasteiger partial charge in [0, 0.05) is 19.3 Å². The SMILES string of the molecule is CN(C(=O)NCC(C)(C)C)c1ccccc1. The average Bonchev–Trinajstić information content (AvgIpc) is 2.25. The lowest BCUT2D eigenvalue weighted by atomic mass is 9.97. The number of rotatable bonds is 2. The van der Waals surface area contributed by atoms with Crippen LogP contribution in [0.15, 0.2) is 30.3 Å². The maximum absolute atomic E-state index is 11.8. The van der Waals surface area contributed by atoms with Crippen molar-refractivity contribution in [2.24, 2.45) is 5.41 Å². The van der Waals surface area contributed by atoms with Crippen molar-refractivity contribution >= 4 is 11.7 Å². The fourth-order valence-electron chi connectivity index (χ4n) is 1.23. The number of para-hydroxylation sites is 1. The smallest absolute Gasteiger partial charge is 0.321 e. The standard InChI is InChI=1S/C13H20N2O/c1-13(2,3)10-14-12(16)15(4)11-8-6-5-7-9-11/h5-9H,10H2,1-4H3,(H,14,16). The van der Waals surface area contributed by atoms with Crippen molar-refractivity contribution in [1.82, 2.24) is 5.32 Å². The summed E-state index contributed by atoms with van der Waals surface area (Å²) in [7, 11) is 1.77. The van der Waals surface area contributed by atoms with E-state index in [4.69, 9.17) is 0 Å². The van der Waals surface area contributed by atoms with Crippen LogP contribution >= 0.6 is 0 Å². The van der Waals surface area contributed by atoms with Crippen molar-refractivity contribution in [1.29, 1.82) is 0 Å². The highest BCUT2D eigenvalue weighted by molar-refractivity contribution is 5.91. The summed E-state index contributed by atoms with van der Waals surface area (Å²) in [4.78, 5) is 13.4. The van der Waals surface area contributed by atoms with Crippen LogP contribution in [0.2, 0.25) is 0 Å². The van der Waals surface area contributed by atoms with Crippen molar-refractivity contribution in [3.63, 3.8) is 0 Å². The summed E-state index contributed by atoms with van der Waals surface area (Å²) in [5.41, 5.74) is 1.00. The molecule has 0 spiro atoms. The zero-order valence-corrected chi connectivity index (χ0v) is 10.4. The largest absolute Gasteiger partial charge is 0.337 e. The average molecular weight is 220 g/mol. The summed E-state index contributed by atoms with van der Waals surface area (Å²) in [5.74, 6) is 0. The molecular weight excluding hydrogens is 200 g/mol. The number of benzene rings is 1. The predicted octanol–water partition coefficient (Wildman–Crippen LogP) is 2.88. The minimum atomic E-state index is -0.0684. The molecule has 0 aliphatic rings. The fourth-order valence-corrected chi connectivity index (χ4v) is 1.23. The molecule has 0 radical (unpaired) electrons. The van der Waals surface area contributed by atoms with Gasteiger partial charge >= 0.3 is 6.03 Å². The number of carbonyl (C=O) groups excluding carboxylic acids is 1. The molecule has 1 rings (SSSR count). The maximum Gasteiger partial charge on any atom is 0.321 e. The number of nitrogens with one attached hydrogen (secondary N) is 1. The van der Waals surface area contributed by atoms with Crippen LogP contribution < -0.4 is 10.2 Å². The van der Waals surface area contributed by atoms with Crippen LogP contribution in [0, 0.1) is 5.41 Å². The maximum atomic E-state index is 11.8. The van der Waals surface area contributed by atoms with Gasteiger partial charge in [0.1, 0.15) is 0 Å². The van der Waals surface area contributed by atoms with Crippen LogP contribution in [-0.4, -0.2) is 19.6 Å². The number of carbonyl (C=O) groups is 1. The van der Waals surface area contributed by atoms with E-state index in [0.717, 1.165) is 5.69 Å². The Bertz CT molecular complexity index is 341. The molecule has 3 nitrogen and oxygen atoms in total. The van der Waals surface area contributed by atoms with E-state index in [1.165, 1.54) is 0 Å². The third-order valence-electron chi connectivity index (χ3n) is 2.22. The molecule has 1 aromatic carbocycles. The summed E-state index contributed by atoms with van der Waals surface area (Å²) in [6.07, 6.45) is 0. The molecule has 0 saturated heterocycles. The van der Waals surface area contributed by atoms with Gasteiger partial charge in [-0.3, -0.25) is 4.90 Å². The summed E-state index contributed by atoms with van der Waals surface area (Å²) in [6.45, 7) is 6.95. The van der Waals surface area contributed by atoms with Crippen LogP contribution in [0.5, 0.6) is 0 Å². The Balaban J connectivity index is 2.55. The zero-order valence-electron chi connectivity index (χ0n) is 10.4. The third-order valence-corrected chi connectivity index (χ3v) is 2.22. The van der Waals surface area contributed by atoms with Crippen LogP contribution in [0.25, 0.3) is 0 Å². The zero-order chi connectivity index (χ0) is 12.2. The van der Waals surface area contributed by atoms with E-state index in [-0.39, 0.29) is 11.4 Å². The topological polar surface area (TPSA) is 32.3 Å². The van der Waals surface area contributed by atoms with Gasteiger partial charge in [0.2, 0.25) is 0 Å². The summed E-state index contributed by atoms with van der Waals surface area (Å²) in [6, 6.07) is 9.53. The molecule has 0 saturated carbocycles. The van der Waals surface area contributed by atoms with Crippen molar-refractivity contribution in [2.45, 2.75) is 20.8 Å². The quantitative estimate of drug-likeness (QED) is 0.816. The molecule has 0 aromatic heterocycles. The first kappa shape index (κ1) is 12.6. The van der Waals surface area contributed by atoms with Crippen molar-refractivity contribution < 1.29 is 4.79 Å². The Labute approximate surface area is 97.5 Å². The third kappa shape index (κ3) is 3.93. The second kappa shape index (κ2) is 5.01. The van der Waals surface area contributed by atoms with Gasteiger partial charge in [0.15, 0.2) is 0 Å². The number of hydrogen-bond donors (Lipinski definition) is 1. The van der Waals surface area contributed by atoms with Crippen LogP contribution in [-0.2, 0) is 0 Å². The molecular formula is C13H20N2O. The van der Waals surface area contributed by atoms with Gasteiger partial charge in [-0.2, -0.15) is 0 Å². The van der Waals surface area contributed by atoms with Crippen LogP contribution in [0.1, 0.15) is 20.8 Å². The van der Waals surface area contributed by atoms with E-state index in [2.05, 4.69) is 26.1 Å². The number of hydrogen-bond acceptors (Lipinski definition) is 1. The highest BCUT2D eigenvalue weighted by atomic mass is 16.2. The van der Waals surface area contributed by atoms with Gasteiger partial charge in [0.25, 0.3) is 0 Å². The Kier molecular flexibility index (Phi) is 3.93. The van der Waals surface area contributed by atoms with E-state index >= 15 is 0 Å². The van der Waals surface area contributed by atoms with E-state index in [0.29, 0.717) is 6.54 Å². The lowest BCUT2D eigenvalue weighted by Crippen LogP contribution is -2.41. The molecule has 16 heavy (non-hydrogen) atoms. The van der Waals surface area contributed by atoms with Crippen LogP contribution in [0.3, 0.4) is 0 Å². The fraction of sp³-hybridized carbons (Fsp3) is 0.462. The van der Waals surface area contributed by atoms with E-state index in [1.54, 1.807) is 11.9 Å². The molecule has 0 heterocycles. The first-order valence-electron chi connectivity index (χ1n) is 5.47. The number of amides is 2. The second-order valence-electron chi connectivity index (χ2n) is 5.11. The lowest BCUT2D eigenvalue weighted by Gasteiger charge is -2.23. The van der Waals surface area contributed by atoms with Crippen molar-refractivity contribution in [2.75, 3.05) is 18.5 Å². The van der Waals surface area contributed by atoms with E-state index < -0.39 is 0 Å². The van der Waals surface area contributed by atoms with Gasteiger partial charge in [-0.15, -0.1) is 0 Å². The molecule has 0 aliphatic carbocycles. The first-order valence-corrected chi connectivity index (χ1v) is 5.47. The van der Waals surface area contributed by atoms with Gasteiger partial charge in [-0.25, -0.2) is 4.79 Å². The monoisotopic (exact) mass is 220 g/mol. The molecule has 88 valence electrons. The molecule has 1 N–H and O–H groups in total. The molecule has 0 fully saturated rings. The van der Waals surface area contributed by atoms with Crippen molar-refractivity contribution in [3.05, 3.63) is 30.3 Å². The molecule has 0 bridgehead atoms. The summed E-state index contributed by atoms with van der Waals surface area (Å²) < 4.78 is 0. The molecule has 0 atom stereocenters. The minimum absolute atomic E-state index is 0.0684. The normalized spacial score (nSPS) is 11.0. The molecule has 2 amide bonds. The van der Waals surface area contributed by atoms with E-state index in [1.807, 2.05) is 30.3 Å². The number of anilines is 1. The van der Waals surface area contributed by atoms with Crippen molar-refractivity contribution in [3.8, 4) is 0 Å². The van der Waals surface area contributed by atoms with E-state index in [9.17, 15) is 4.79 Å². The van der Waals surface area contributed by atoms with Gasteiger partial charge < -0.3 is 5.32 Å². The second-order valence-corrected chi connectivity index (χ2v) is 5.11. The Hall–Kier alpha value is -1.51. The Morgan fingerprint density at radius 2 is 1.81 bits per heavy atom. The Morgan fingerprint density at radius 1 is 1.25 bits per heavy atom. The highest BCUT2D eigenvalue weighted by Crippen LogP contribution is 2.13. The van der Waals surface area contributed by atoms with Gasteiger partial charge in [-0.05, 0) is 17.5 Å².